The maximum atomic E-state index is 12.7. The maximum Gasteiger partial charge on any atom is 0.332 e. The molecule has 0 atom stereocenters. The van der Waals surface area contributed by atoms with Gasteiger partial charge in [0.05, 0.1) is 12.4 Å². The third-order valence-corrected chi connectivity index (χ3v) is 5.59. The SMILES string of the molecule is O=C1NC2(CCCC2)C(=O)N1c1ncc(OCc2c(Cl)cccc2Cl)cn1. The number of aromatic nitrogens is 2. The molecule has 2 aliphatic rings. The Morgan fingerprint density at radius 3 is 2.37 bits per heavy atom. The van der Waals surface area contributed by atoms with E-state index in [2.05, 4.69) is 15.3 Å². The molecule has 140 valence electrons. The van der Waals surface area contributed by atoms with E-state index >= 15 is 0 Å². The van der Waals surface area contributed by atoms with Gasteiger partial charge < -0.3 is 10.1 Å². The number of hydrogen-bond acceptors (Lipinski definition) is 5. The number of amides is 3. The van der Waals surface area contributed by atoms with Gasteiger partial charge in [0.15, 0.2) is 5.75 Å². The quantitative estimate of drug-likeness (QED) is 0.781. The summed E-state index contributed by atoms with van der Waals surface area (Å²) in [5.41, 5.74) is -0.140. The van der Waals surface area contributed by atoms with Crippen LogP contribution >= 0.6 is 23.2 Å². The van der Waals surface area contributed by atoms with Gasteiger partial charge in [0.2, 0.25) is 5.95 Å². The lowest BCUT2D eigenvalue weighted by molar-refractivity contribution is -0.121. The van der Waals surface area contributed by atoms with Crippen molar-refractivity contribution >= 4 is 41.1 Å². The van der Waals surface area contributed by atoms with Gasteiger partial charge in [-0.2, -0.15) is 4.90 Å². The first-order valence-electron chi connectivity index (χ1n) is 8.55. The summed E-state index contributed by atoms with van der Waals surface area (Å²) in [4.78, 5) is 34.2. The van der Waals surface area contributed by atoms with Gasteiger partial charge in [0.1, 0.15) is 12.1 Å². The summed E-state index contributed by atoms with van der Waals surface area (Å²) in [6.07, 6.45) is 5.94. The van der Waals surface area contributed by atoms with E-state index in [9.17, 15) is 9.59 Å². The molecule has 4 rings (SSSR count). The highest BCUT2D eigenvalue weighted by molar-refractivity contribution is 6.35. The zero-order valence-corrected chi connectivity index (χ0v) is 15.8. The second-order valence-corrected chi connectivity index (χ2v) is 7.38. The summed E-state index contributed by atoms with van der Waals surface area (Å²) in [6, 6.07) is 4.71. The number of rotatable bonds is 4. The number of benzene rings is 1. The normalized spacial score (nSPS) is 18.2. The zero-order valence-electron chi connectivity index (χ0n) is 14.2. The minimum atomic E-state index is -0.795. The van der Waals surface area contributed by atoms with Crippen molar-refractivity contribution in [1.82, 2.24) is 15.3 Å². The van der Waals surface area contributed by atoms with Crippen LogP contribution in [0.1, 0.15) is 31.2 Å². The highest BCUT2D eigenvalue weighted by Gasteiger charge is 2.53. The minimum Gasteiger partial charge on any atom is -0.486 e. The average molecular weight is 407 g/mol. The van der Waals surface area contributed by atoms with E-state index in [-0.39, 0.29) is 18.5 Å². The third-order valence-electron chi connectivity index (χ3n) is 4.88. The van der Waals surface area contributed by atoms with Crippen molar-refractivity contribution in [3.05, 3.63) is 46.2 Å². The maximum absolute atomic E-state index is 12.7. The predicted molar refractivity (Wildman–Crippen MR) is 100 cm³/mol. The molecule has 2 fully saturated rings. The molecule has 2 aromatic rings. The number of nitrogens with zero attached hydrogens (tertiary/aromatic N) is 3. The zero-order chi connectivity index (χ0) is 19.0. The lowest BCUT2D eigenvalue weighted by Gasteiger charge is -2.19. The fourth-order valence-corrected chi connectivity index (χ4v) is 3.95. The highest BCUT2D eigenvalue weighted by Crippen LogP contribution is 2.36. The Hall–Kier alpha value is -2.38. The number of carbonyl (C=O) groups excluding carboxylic acids is 2. The number of nitrogens with one attached hydrogen (secondary N) is 1. The molecule has 7 nitrogen and oxygen atoms in total. The Bertz CT molecular complexity index is 878. The fraction of sp³-hybridized carbons (Fsp3) is 0.333. The van der Waals surface area contributed by atoms with Crippen LogP contribution in [-0.4, -0.2) is 27.4 Å². The van der Waals surface area contributed by atoms with Crippen molar-refractivity contribution < 1.29 is 14.3 Å². The smallest absolute Gasteiger partial charge is 0.332 e. The van der Waals surface area contributed by atoms with Gasteiger partial charge in [0.25, 0.3) is 5.91 Å². The van der Waals surface area contributed by atoms with Crippen LogP contribution in [0.5, 0.6) is 5.75 Å². The summed E-state index contributed by atoms with van der Waals surface area (Å²) in [5.74, 6) is 0.114. The molecule has 1 saturated heterocycles. The molecule has 1 N–H and O–H groups in total. The number of urea groups is 1. The van der Waals surface area contributed by atoms with E-state index in [4.69, 9.17) is 27.9 Å². The minimum absolute atomic E-state index is 0.0319. The van der Waals surface area contributed by atoms with Crippen LogP contribution in [0.3, 0.4) is 0 Å². The van der Waals surface area contributed by atoms with Crippen LogP contribution < -0.4 is 15.0 Å². The fourth-order valence-electron chi connectivity index (χ4n) is 3.44. The molecule has 0 radical (unpaired) electrons. The molecule has 0 unspecified atom stereocenters. The average Bonchev–Trinajstić information content (AvgIpc) is 3.21. The number of ether oxygens (including phenoxy) is 1. The molecule has 9 heteroatoms. The lowest BCUT2D eigenvalue weighted by Crippen LogP contribution is -2.44. The van der Waals surface area contributed by atoms with Gasteiger partial charge in [-0.1, -0.05) is 42.1 Å². The molecular weight excluding hydrogens is 391 g/mol. The van der Waals surface area contributed by atoms with E-state index in [0.717, 1.165) is 17.7 Å². The van der Waals surface area contributed by atoms with Gasteiger partial charge in [0, 0.05) is 15.6 Å². The van der Waals surface area contributed by atoms with Crippen LogP contribution in [0.4, 0.5) is 10.7 Å². The number of halogens is 2. The van der Waals surface area contributed by atoms with E-state index in [1.165, 1.54) is 12.4 Å². The molecule has 27 heavy (non-hydrogen) atoms. The third kappa shape index (κ3) is 3.21. The van der Waals surface area contributed by atoms with E-state index in [1.807, 2.05) is 0 Å². The van der Waals surface area contributed by atoms with E-state index in [0.29, 0.717) is 34.2 Å². The summed E-state index contributed by atoms with van der Waals surface area (Å²) in [5, 5.41) is 3.80. The van der Waals surface area contributed by atoms with Crippen LogP contribution in [0.2, 0.25) is 10.0 Å². The molecular formula is C18H16Cl2N4O3. The van der Waals surface area contributed by atoms with Crippen LogP contribution in [0.15, 0.2) is 30.6 Å². The van der Waals surface area contributed by atoms with Crippen molar-refractivity contribution in [1.29, 1.82) is 0 Å². The molecule has 3 amide bonds. The topological polar surface area (TPSA) is 84.4 Å². The molecule has 1 aliphatic heterocycles. The number of carbonyl (C=O) groups is 2. The molecule has 1 aliphatic carbocycles. The van der Waals surface area contributed by atoms with Gasteiger partial charge >= 0.3 is 6.03 Å². The summed E-state index contributed by atoms with van der Waals surface area (Å²) < 4.78 is 5.62. The lowest BCUT2D eigenvalue weighted by atomic mass is 9.98. The molecule has 1 saturated carbocycles. The van der Waals surface area contributed by atoms with Gasteiger partial charge in [-0.3, -0.25) is 4.79 Å². The first kappa shape index (κ1) is 18.0. The Morgan fingerprint density at radius 2 is 1.74 bits per heavy atom. The molecule has 1 spiro atoms. The highest BCUT2D eigenvalue weighted by atomic mass is 35.5. The van der Waals surface area contributed by atoms with Gasteiger partial charge in [-0.25, -0.2) is 14.8 Å². The van der Waals surface area contributed by atoms with Gasteiger partial charge in [-0.15, -0.1) is 0 Å². The Labute approximate surface area is 165 Å². The van der Waals surface area contributed by atoms with Gasteiger partial charge in [-0.05, 0) is 25.0 Å². The number of hydrogen-bond donors (Lipinski definition) is 1. The van der Waals surface area contributed by atoms with Crippen LogP contribution in [0, 0.1) is 0 Å². The van der Waals surface area contributed by atoms with Crippen molar-refractivity contribution in [2.75, 3.05) is 4.90 Å². The summed E-state index contributed by atoms with van der Waals surface area (Å²) >= 11 is 12.2. The second-order valence-electron chi connectivity index (χ2n) is 6.57. The van der Waals surface area contributed by atoms with Crippen molar-refractivity contribution in [2.45, 2.75) is 37.8 Å². The molecule has 0 bridgehead atoms. The number of anilines is 1. The Morgan fingerprint density at radius 1 is 1.11 bits per heavy atom. The van der Waals surface area contributed by atoms with E-state index in [1.54, 1.807) is 18.2 Å². The monoisotopic (exact) mass is 406 g/mol. The van der Waals surface area contributed by atoms with Crippen molar-refractivity contribution in [2.24, 2.45) is 0 Å². The molecule has 1 aromatic carbocycles. The summed E-state index contributed by atoms with van der Waals surface area (Å²) in [7, 11) is 0. The molecule has 1 aromatic heterocycles. The standard InChI is InChI=1S/C18H16Cl2N4O3/c19-13-4-3-5-14(20)12(13)10-27-11-8-21-16(22-9-11)24-15(25)18(23-17(24)26)6-1-2-7-18/h3-5,8-9H,1-2,6-7,10H2,(H,23,26). The largest absolute Gasteiger partial charge is 0.486 e. The first-order valence-corrected chi connectivity index (χ1v) is 9.30. The Balaban J connectivity index is 1.48. The first-order chi connectivity index (χ1) is 13.0. The predicted octanol–water partition coefficient (Wildman–Crippen LogP) is 3.73. The van der Waals surface area contributed by atoms with E-state index < -0.39 is 11.6 Å². The second kappa shape index (κ2) is 6.98. The van der Waals surface area contributed by atoms with Crippen molar-refractivity contribution in [3.8, 4) is 5.75 Å². The summed E-state index contributed by atoms with van der Waals surface area (Å²) in [6.45, 7) is 0.146. The number of imide groups is 1. The molecule has 2 heterocycles. The van der Waals surface area contributed by atoms with Crippen LogP contribution in [-0.2, 0) is 11.4 Å². The Kier molecular flexibility index (Phi) is 4.65. The van der Waals surface area contributed by atoms with Crippen LogP contribution in [0.25, 0.3) is 0 Å². The van der Waals surface area contributed by atoms with Crippen molar-refractivity contribution in [3.63, 3.8) is 0 Å².